The second-order valence-electron chi connectivity index (χ2n) is 19.4. The molecular weight excluding hydrogens is 933 g/mol. The molecule has 0 saturated carbocycles. The summed E-state index contributed by atoms with van der Waals surface area (Å²) in [5, 5.41) is 8.68. The molecule has 6 aromatic heterocycles. The summed E-state index contributed by atoms with van der Waals surface area (Å²) in [6.07, 6.45) is 1.96. The van der Waals surface area contributed by atoms with Gasteiger partial charge in [-0.15, -0.1) is 0 Å². The van der Waals surface area contributed by atoms with Crippen molar-refractivity contribution in [1.82, 2.24) is 29.1 Å². The molecule has 0 bridgehead atoms. The van der Waals surface area contributed by atoms with Crippen LogP contribution in [0.2, 0.25) is 0 Å². The summed E-state index contributed by atoms with van der Waals surface area (Å²) in [6.45, 7) is 0. The van der Waals surface area contributed by atoms with Gasteiger partial charge in [0, 0.05) is 88.5 Å². The normalized spacial score (nSPS) is 11.9. The molecule has 16 rings (SSSR count). The fraction of sp³-hybridized carbons (Fsp3) is 0. The molecule has 8 nitrogen and oxygen atoms in total. The van der Waals surface area contributed by atoms with Crippen molar-refractivity contribution in [2.45, 2.75) is 0 Å². The largest absolute Gasteiger partial charge is 0.456 e. The van der Waals surface area contributed by atoms with E-state index in [-0.39, 0.29) is 0 Å². The monoisotopic (exact) mass is 972 g/mol. The number of hydrogen-bond donors (Lipinski definition) is 0. The first-order valence-electron chi connectivity index (χ1n) is 25.4. The van der Waals surface area contributed by atoms with Gasteiger partial charge in [0.2, 0.25) is 0 Å². The number of rotatable bonds is 7. The highest BCUT2D eigenvalue weighted by molar-refractivity contribution is 6.19. The number of para-hydroxylation sites is 4. The quantitative estimate of drug-likeness (QED) is 0.158. The van der Waals surface area contributed by atoms with Crippen molar-refractivity contribution in [3.8, 4) is 67.9 Å². The third kappa shape index (κ3) is 6.57. The minimum Gasteiger partial charge on any atom is -0.456 e. The molecule has 16 aromatic rings. The average molecular weight is 973 g/mol. The molecule has 6 heterocycles. The van der Waals surface area contributed by atoms with Gasteiger partial charge < -0.3 is 18.0 Å². The lowest BCUT2D eigenvalue weighted by molar-refractivity contribution is 0.669. The Bertz CT molecular complexity index is 4920. The number of nitrogens with zero attached hydrogens (tertiary/aromatic N) is 6. The fourth-order valence-electron chi connectivity index (χ4n) is 11.5. The maximum atomic E-state index is 6.69. The van der Waals surface area contributed by atoms with Gasteiger partial charge in [-0.05, 0) is 103 Å². The summed E-state index contributed by atoms with van der Waals surface area (Å²) < 4.78 is 18.0. The van der Waals surface area contributed by atoms with Crippen molar-refractivity contribution in [2.75, 3.05) is 0 Å². The lowest BCUT2D eigenvalue weighted by atomic mass is 9.98. The maximum Gasteiger partial charge on any atom is 0.166 e. The van der Waals surface area contributed by atoms with E-state index in [4.69, 9.17) is 28.8 Å². The van der Waals surface area contributed by atoms with Gasteiger partial charge >= 0.3 is 0 Å². The second kappa shape index (κ2) is 16.5. The van der Waals surface area contributed by atoms with Crippen molar-refractivity contribution in [3.05, 3.63) is 243 Å². The van der Waals surface area contributed by atoms with Crippen molar-refractivity contribution in [3.63, 3.8) is 0 Å². The van der Waals surface area contributed by atoms with Crippen LogP contribution in [0.1, 0.15) is 0 Å². The lowest BCUT2D eigenvalue weighted by Gasteiger charge is -2.13. The van der Waals surface area contributed by atoms with Crippen LogP contribution in [-0.2, 0) is 0 Å². The lowest BCUT2D eigenvalue weighted by Crippen LogP contribution is -2.02. The summed E-state index contributed by atoms with van der Waals surface area (Å²) in [4.78, 5) is 21.0. The number of pyridine rings is 1. The van der Waals surface area contributed by atoms with Gasteiger partial charge in [-0.2, -0.15) is 0 Å². The summed E-state index contributed by atoms with van der Waals surface area (Å²) in [5.74, 6) is 1.65. The number of aromatic nitrogens is 6. The molecule has 0 amide bonds. The zero-order valence-corrected chi connectivity index (χ0v) is 40.6. The van der Waals surface area contributed by atoms with Crippen molar-refractivity contribution < 1.29 is 8.83 Å². The first-order chi connectivity index (χ1) is 37.6. The first kappa shape index (κ1) is 42.1. The van der Waals surface area contributed by atoms with Crippen LogP contribution in [0.25, 0.3) is 155 Å². The molecule has 76 heavy (non-hydrogen) atoms. The standard InChI is InChI=1S/C68H40N6O2/c1-5-17-41(18-6-1)66-70-67(42-19-7-2-8-20-42)72-68(71-66)56-35-45(43-29-31-61-52(33-43)54-36-59-50(38-63(54)75-61)48-25-13-15-27-57(48)73(59)46-21-9-3-10-22-46)40-69-65(56)44-30-32-62-53(34-44)55-37-60-51(39-64(55)76-62)49-26-14-16-28-58(49)74(60)47-23-11-4-12-24-47/h1-40H. The van der Waals surface area contributed by atoms with Gasteiger partial charge in [0.25, 0.3) is 0 Å². The third-order valence-electron chi connectivity index (χ3n) is 15.0. The number of furan rings is 2. The molecule has 0 aliphatic heterocycles. The maximum absolute atomic E-state index is 6.69. The summed E-state index contributed by atoms with van der Waals surface area (Å²) in [7, 11) is 0. The highest BCUT2D eigenvalue weighted by Gasteiger charge is 2.23. The minimum atomic E-state index is 0.509. The van der Waals surface area contributed by atoms with Gasteiger partial charge in [-0.1, -0.05) is 140 Å². The predicted octanol–water partition coefficient (Wildman–Crippen LogP) is 17.6. The van der Waals surface area contributed by atoms with E-state index in [1.54, 1.807) is 0 Å². The van der Waals surface area contributed by atoms with Crippen molar-refractivity contribution in [1.29, 1.82) is 0 Å². The van der Waals surface area contributed by atoms with Gasteiger partial charge in [0.1, 0.15) is 22.3 Å². The molecule has 0 radical (unpaired) electrons. The van der Waals surface area contributed by atoms with Crippen LogP contribution in [0.4, 0.5) is 0 Å². The topological polar surface area (TPSA) is 87.7 Å². The highest BCUT2D eigenvalue weighted by atomic mass is 16.3. The van der Waals surface area contributed by atoms with E-state index >= 15 is 0 Å². The molecule has 0 saturated heterocycles. The Morgan fingerprint density at radius 2 is 0.711 bits per heavy atom. The van der Waals surface area contributed by atoms with E-state index < -0.39 is 0 Å². The van der Waals surface area contributed by atoms with Crippen molar-refractivity contribution in [2.24, 2.45) is 0 Å². The van der Waals surface area contributed by atoms with Crippen LogP contribution in [0, 0.1) is 0 Å². The summed E-state index contributed by atoms with van der Waals surface area (Å²) in [6, 6.07) is 82.3. The zero-order chi connectivity index (χ0) is 49.8. The minimum absolute atomic E-state index is 0.509. The number of fused-ring (bicyclic) bond motifs is 12. The summed E-state index contributed by atoms with van der Waals surface area (Å²) in [5.41, 5.74) is 16.0. The predicted molar refractivity (Wildman–Crippen MR) is 308 cm³/mol. The van der Waals surface area contributed by atoms with Gasteiger partial charge in [-0.3, -0.25) is 4.98 Å². The van der Waals surface area contributed by atoms with Crippen LogP contribution in [0.15, 0.2) is 252 Å². The van der Waals surface area contributed by atoms with E-state index in [0.717, 1.165) is 127 Å². The van der Waals surface area contributed by atoms with E-state index in [2.05, 4.69) is 185 Å². The molecule has 0 unspecified atom stereocenters. The Balaban J connectivity index is 0.910. The molecule has 0 atom stereocenters. The molecule has 0 fully saturated rings. The van der Waals surface area contributed by atoms with Gasteiger partial charge in [0.05, 0.1) is 27.8 Å². The SMILES string of the molecule is c1ccc(-c2nc(-c3ccccc3)nc(-c3cc(-c4ccc5oc6cc7c8ccccc8n(-c8ccccc8)c7cc6c5c4)cnc3-c3ccc4oc5cc6c7ccccc7n(-c7ccccc7)c6cc5c4c3)n2)cc1. The average Bonchev–Trinajstić information content (AvgIpc) is 4.25. The Kier molecular flexibility index (Phi) is 9.17. The Morgan fingerprint density at radius 1 is 0.276 bits per heavy atom. The molecule has 10 aromatic carbocycles. The molecule has 354 valence electrons. The molecule has 8 heteroatoms. The second-order valence-corrected chi connectivity index (χ2v) is 19.4. The number of benzene rings is 10. The highest BCUT2D eigenvalue weighted by Crippen LogP contribution is 2.43. The van der Waals surface area contributed by atoms with Gasteiger partial charge in [-0.25, -0.2) is 15.0 Å². The van der Waals surface area contributed by atoms with Crippen LogP contribution in [0.5, 0.6) is 0 Å². The third-order valence-corrected chi connectivity index (χ3v) is 15.0. The first-order valence-corrected chi connectivity index (χ1v) is 25.4. The fourth-order valence-corrected chi connectivity index (χ4v) is 11.5. The molecular formula is C68H40N6O2. The number of hydrogen-bond acceptors (Lipinski definition) is 6. The van der Waals surface area contributed by atoms with Crippen LogP contribution < -0.4 is 0 Å². The van der Waals surface area contributed by atoms with E-state index in [1.807, 2.05) is 66.9 Å². The van der Waals surface area contributed by atoms with E-state index in [0.29, 0.717) is 17.5 Å². The zero-order valence-electron chi connectivity index (χ0n) is 40.6. The molecule has 0 aliphatic carbocycles. The van der Waals surface area contributed by atoms with E-state index in [9.17, 15) is 0 Å². The molecule has 0 aliphatic rings. The Morgan fingerprint density at radius 3 is 1.24 bits per heavy atom. The molecule has 0 N–H and O–H groups in total. The van der Waals surface area contributed by atoms with Crippen LogP contribution >= 0.6 is 0 Å². The summed E-state index contributed by atoms with van der Waals surface area (Å²) >= 11 is 0. The molecule has 0 spiro atoms. The Labute approximate surface area is 434 Å². The smallest absolute Gasteiger partial charge is 0.166 e. The van der Waals surface area contributed by atoms with Crippen LogP contribution in [-0.4, -0.2) is 29.1 Å². The van der Waals surface area contributed by atoms with Crippen molar-refractivity contribution >= 4 is 87.5 Å². The van der Waals surface area contributed by atoms with Gasteiger partial charge in [0.15, 0.2) is 17.5 Å². The van der Waals surface area contributed by atoms with Crippen LogP contribution in [0.3, 0.4) is 0 Å². The Hall–Kier alpha value is -10.4. The van der Waals surface area contributed by atoms with E-state index in [1.165, 1.54) is 10.8 Å².